The molecule has 96 valence electrons. The second-order valence-corrected chi connectivity index (χ2v) is 5.40. The Bertz CT molecular complexity index is 358. The summed E-state index contributed by atoms with van der Waals surface area (Å²) in [6.45, 7) is 8.87. The first-order valence-corrected chi connectivity index (χ1v) is 6.52. The molecular weight excluding hydrogens is 257 g/mol. The van der Waals surface area contributed by atoms with Gasteiger partial charge in [-0.1, -0.05) is 29.3 Å². The molecular formula is C13H19Cl2NO. The first-order valence-electron chi connectivity index (χ1n) is 5.77. The molecule has 1 aromatic rings. The number of nitrogens with zero attached hydrogens (tertiary/aromatic N) is 1. The highest BCUT2D eigenvalue weighted by atomic mass is 35.5. The molecule has 0 aromatic heterocycles. The van der Waals surface area contributed by atoms with Crippen molar-refractivity contribution < 1.29 is 4.84 Å². The molecule has 0 radical (unpaired) electrons. The lowest BCUT2D eigenvalue weighted by Gasteiger charge is -2.29. The Labute approximate surface area is 113 Å². The van der Waals surface area contributed by atoms with E-state index in [0.717, 1.165) is 5.56 Å². The van der Waals surface area contributed by atoms with Gasteiger partial charge in [0.2, 0.25) is 0 Å². The maximum atomic E-state index is 6.09. The van der Waals surface area contributed by atoms with Gasteiger partial charge in [-0.15, -0.1) is 0 Å². The molecule has 17 heavy (non-hydrogen) atoms. The Kier molecular flexibility index (Phi) is 5.74. The van der Waals surface area contributed by atoms with Gasteiger partial charge in [-0.25, -0.2) is 0 Å². The van der Waals surface area contributed by atoms with Gasteiger partial charge >= 0.3 is 0 Å². The Balaban J connectivity index is 2.65. The van der Waals surface area contributed by atoms with E-state index in [0.29, 0.717) is 28.7 Å². The molecule has 2 nitrogen and oxygen atoms in total. The van der Waals surface area contributed by atoms with Gasteiger partial charge in [0.25, 0.3) is 0 Å². The van der Waals surface area contributed by atoms with E-state index in [-0.39, 0.29) is 0 Å². The molecule has 0 atom stereocenters. The van der Waals surface area contributed by atoms with Gasteiger partial charge in [-0.05, 0) is 45.4 Å². The number of hydrogen-bond acceptors (Lipinski definition) is 2. The van der Waals surface area contributed by atoms with E-state index in [9.17, 15) is 0 Å². The van der Waals surface area contributed by atoms with Crippen LogP contribution in [0.1, 0.15) is 33.3 Å². The van der Waals surface area contributed by atoms with E-state index in [2.05, 4.69) is 27.7 Å². The summed E-state index contributed by atoms with van der Waals surface area (Å²) < 4.78 is 0. The molecule has 0 fully saturated rings. The molecule has 0 amide bonds. The van der Waals surface area contributed by atoms with Crippen LogP contribution in [0.4, 0.5) is 0 Å². The van der Waals surface area contributed by atoms with Gasteiger partial charge in [0.15, 0.2) is 0 Å². The van der Waals surface area contributed by atoms with Gasteiger partial charge in [0, 0.05) is 22.1 Å². The molecule has 0 heterocycles. The quantitative estimate of drug-likeness (QED) is 0.732. The van der Waals surface area contributed by atoms with Crippen molar-refractivity contribution in [1.29, 1.82) is 0 Å². The van der Waals surface area contributed by atoms with Crippen LogP contribution in [0.15, 0.2) is 18.2 Å². The summed E-state index contributed by atoms with van der Waals surface area (Å²) in [6.07, 6.45) is 0. The fourth-order valence-corrected chi connectivity index (χ4v) is 2.14. The topological polar surface area (TPSA) is 12.5 Å². The van der Waals surface area contributed by atoms with Crippen LogP contribution in [0, 0.1) is 0 Å². The molecule has 0 bridgehead atoms. The predicted octanol–water partition coefficient (Wildman–Crippen LogP) is 4.54. The van der Waals surface area contributed by atoms with Crippen molar-refractivity contribution in [3.8, 4) is 0 Å². The minimum absolute atomic E-state index is 0.334. The van der Waals surface area contributed by atoms with Gasteiger partial charge < -0.3 is 0 Å². The zero-order valence-electron chi connectivity index (χ0n) is 10.7. The van der Waals surface area contributed by atoms with Gasteiger partial charge in [0.05, 0.1) is 6.61 Å². The molecule has 0 unspecified atom stereocenters. The lowest BCUT2D eigenvalue weighted by molar-refractivity contribution is -0.208. The predicted molar refractivity (Wildman–Crippen MR) is 73.4 cm³/mol. The minimum Gasteiger partial charge on any atom is -0.294 e. The highest BCUT2D eigenvalue weighted by Gasteiger charge is 2.14. The second-order valence-electron chi connectivity index (χ2n) is 4.56. The molecule has 1 aromatic carbocycles. The van der Waals surface area contributed by atoms with E-state index in [1.54, 1.807) is 6.07 Å². The summed E-state index contributed by atoms with van der Waals surface area (Å²) >= 11 is 11.9. The monoisotopic (exact) mass is 275 g/mol. The fraction of sp³-hybridized carbons (Fsp3) is 0.538. The molecule has 0 N–H and O–H groups in total. The minimum atomic E-state index is 0.334. The number of rotatable bonds is 5. The van der Waals surface area contributed by atoms with E-state index in [1.165, 1.54) is 0 Å². The third-order valence-electron chi connectivity index (χ3n) is 2.40. The van der Waals surface area contributed by atoms with Crippen LogP contribution in [-0.2, 0) is 11.4 Å². The standard InChI is InChI=1S/C13H19Cl2NO/c1-9(2)16(10(3)4)17-8-11-5-6-12(14)7-13(11)15/h5-7,9-10H,8H2,1-4H3. The summed E-state index contributed by atoms with van der Waals surface area (Å²) in [7, 11) is 0. The molecule has 0 saturated carbocycles. The molecule has 0 saturated heterocycles. The van der Waals surface area contributed by atoms with Crippen molar-refractivity contribution in [3.63, 3.8) is 0 Å². The van der Waals surface area contributed by atoms with Crippen molar-refractivity contribution in [1.82, 2.24) is 5.06 Å². The number of hydroxylamine groups is 2. The average Bonchev–Trinajstić information content (AvgIpc) is 2.20. The molecule has 0 aliphatic carbocycles. The largest absolute Gasteiger partial charge is 0.294 e. The van der Waals surface area contributed by atoms with Gasteiger partial charge in [0.1, 0.15) is 0 Å². The molecule has 4 heteroatoms. The van der Waals surface area contributed by atoms with E-state index in [1.807, 2.05) is 17.2 Å². The van der Waals surface area contributed by atoms with Crippen LogP contribution in [0.25, 0.3) is 0 Å². The van der Waals surface area contributed by atoms with E-state index in [4.69, 9.17) is 28.0 Å². The highest BCUT2D eigenvalue weighted by molar-refractivity contribution is 6.35. The van der Waals surface area contributed by atoms with Crippen LogP contribution in [0.2, 0.25) is 10.0 Å². The van der Waals surface area contributed by atoms with Crippen LogP contribution in [-0.4, -0.2) is 17.1 Å². The van der Waals surface area contributed by atoms with Crippen molar-refractivity contribution in [2.75, 3.05) is 0 Å². The fourth-order valence-electron chi connectivity index (χ4n) is 1.68. The first-order chi connectivity index (χ1) is 7.91. The van der Waals surface area contributed by atoms with Crippen molar-refractivity contribution >= 4 is 23.2 Å². The normalized spacial score (nSPS) is 11.8. The zero-order valence-corrected chi connectivity index (χ0v) is 12.2. The van der Waals surface area contributed by atoms with Crippen molar-refractivity contribution in [2.24, 2.45) is 0 Å². The van der Waals surface area contributed by atoms with E-state index >= 15 is 0 Å². The summed E-state index contributed by atoms with van der Waals surface area (Å²) in [5, 5.41) is 3.25. The molecule has 1 rings (SSSR count). The smallest absolute Gasteiger partial charge is 0.0950 e. The maximum absolute atomic E-state index is 6.09. The SMILES string of the molecule is CC(C)N(OCc1ccc(Cl)cc1Cl)C(C)C. The Hall–Kier alpha value is -0.280. The number of hydrogen-bond donors (Lipinski definition) is 0. The highest BCUT2D eigenvalue weighted by Crippen LogP contribution is 2.22. The second kappa shape index (κ2) is 6.60. The van der Waals surface area contributed by atoms with Crippen LogP contribution in [0.3, 0.4) is 0 Å². The summed E-state index contributed by atoms with van der Waals surface area (Å²) in [4.78, 5) is 5.78. The van der Waals surface area contributed by atoms with Gasteiger partial charge in [-0.3, -0.25) is 4.84 Å². The third-order valence-corrected chi connectivity index (χ3v) is 2.99. The van der Waals surface area contributed by atoms with Crippen LogP contribution < -0.4 is 0 Å². The molecule has 0 aliphatic rings. The van der Waals surface area contributed by atoms with Gasteiger partial charge in [-0.2, -0.15) is 5.06 Å². The van der Waals surface area contributed by atoms with Crippen LogP contribution >= 0.6 is 23.2 Å². The third kappa shape index (κ3) is 4.47. The summed E-state index contributed by atoms with van der Waals surface area (Å²) in [5.41, 5.74) is 0.947. The maximum Gasteiger partial charge on any atom is 0.0950 e. The average molecular weight is 276 g/mol. The molecule has 0 aliphatic heterocycles. The molecule has 0 spiro atoms. The zero-order chi connectivity index (χ0) is 13.0. The number of halogens is 2. The Morgan fingerprint density at radius 2 is 1.71 bits per heavy atom. The summed E-state index contributed by atoms with van der Waals surface area (Å²) in [5.74, 6) is 0. The van der Waals surface area contributed by atoms with E-state index < -0.39 is 0 Å². The van der Waals surface area contributed by atoms with Crippen molar-refractivity contribution in [3.05, 3.63) is 33.8 Å². The summed E-state index contributed by atoms with van der Waals surface area (Å²) in [6, 6.07) is 6.11. The Morgan fingerprint density at radius 3 is 2.18 bits per heavy atom. The lowest BCUT2D eigenvalue weighted by atomic mass is 10.2. The Morgan fingerprint density at radius 1 is 1.12 bits per heavy atom. The van der Waals surface area contributed by atoms with Crippen molar-refractivity contribution in [2.45, 2.75) is 46.4 Å². The van der Waals surface area contributed by atoms with Crippen LogP contribution in [0.5, 0.6) is 0 Å². The first kappa shape index (κ1) is 14.8. The lowest BCUT2D eigenvalue weighted by Crippen LogP contribution is -2.36. The number of benzene rings is 1.